The Hall–Kier alpha value is -1.75. The molecule has 0 aliphatic rings. The number of esters is 1. The molecule has 0 aromatic rings. The Morgan fingerprint density at radius 1 is 1.28 bits per heavy atom. The number of carbonyl (C=O) groups is 2. The molecule has 0 aliphatic carbocycles. The number of aliphatic carboxylic acids is 1. The van der Waals surface area contributed by atoms with E-state index in [1.165, 1.54) is 20.1 Å². The van der Waals surface area contributed by atoms with Crippen molar-refractivity contribution in [1.82, 2.24) is 0 Å². The van der Waals surface area contributed by atoms with Gasteiger partial charge in [0.05, 0.1) is 19.1 Å². The summed E-state index contributed by atoms with van der Waals surface area (Å²) in [4.78, 5) is 19.7. The molecule has 0 saturated carbocycles. The fourth-order valence-corrected chi connectivity index (χ4v) is 0.174. The van der Waals surface area contributed by atoms with Crippen LogP contribution >= 0.6 is 0 Å². The smallest absolute Gasteiger partial charge is 0.545 e. The molecule has 0 rings (SSSR count). The molecule has 18 heavy (non-hydrogen) atoms. The first-order valence-corrected chi connectivity index (χ1v) is 4.35. The zero-order valence-corrected chi connectivity index (χ0v) is 11.3. The average molecular weight is 245 g/mol. The minimum atomic E-state index is -1.19. The van der Waals surface area contributed by atoms with Gasteiger partial charge < -0.3 is 14.6 Å². The molecule has 0 spiro atoms. The minimum absolute atomic E-state index is 0. The van der Waals surface area contributed by atoms with E-state index in [-0.39, 0.29) is 30.4 Å². The van der Waals surface area contributed by atoms with Gasteiger partial charge in [0.1, 0.15) is 0 Å². The summed E-state index contributed by atoms with van der Waals surface area (Å²) < 4.78 is 4.27. The molecule has 0 atom stereocenters. The second-order valence-corrected chi connectivity index (χ2v) is 2.67. The van der Waals surface area contributed by atoms with E-state index in [1.54, 1.807) is 13.0 Å². The molecule has 0 fully saturated rings. The molecule has 0 amide bonds. The van der Waals surface area contributed by atoms with Crippen molar-refractivity contribution >= 4 is 11.9 Å². The van der Waals surface area contributed by atoms with Crippen molar-refractivity contribution in [3.8, 4) is 6.07 Å². The summed E-state index contributed by atoms with van der Waals surface area (Å²) in [5.41, 5.74) is 0.498. The first kappa shape index (κ1) is 25.2. The molecule has 0 N–H and O–H groups in total. The van der Waals surface area contributed by atoms with Crippen LogP contribution in [0.25, 0.3) is 0 Å². The van der Waals surface area contributed by atoms with Gasteiger partial charge in [0, 0.05) is 11.6 Å². The van der Waals surface area contributed by atoms with Crippen LogP contribution in [0.3, 0.4) is 0 Å². The molecule has 6 heteroatoms. The Morgan fingerprint density at radius 3 is 1.56 bits per heavy atom. The summed E-state index contributed by atoms with van der Waals surface area (Å²) in [5, 5.41) is 17.0. The molecule has 0 unspecified atom stereocenters. The van der Waals surface area contributed by atoms with Gasteiger partial charge in [-0.15, -0.1) is 0 Å². The van der Waals surface area contributed by atoms with Crippen LogP contribution < -0.4 is 24.0 Å². The predicted molar refractivity (Wildman–Crippen MR) is 62.5 cm³/mol. The normalized spacial score (nSPS) is 6.33. The fraction of sp³-hybridized carbons (Fsp3) is 0.250. The Labute approximate surface area is 120 Å². The Kier molecular flexibility index (Phi) is 24.7. The standard InChI is InChI=1S/C5H8O2.C4H6O2.C3H3N.Li/c1-4(2)5(6)7-3;1-3(2)4(5)6;1-2-3-4;/h1H2,2-3H3;1H2,2H3,(H,5,6);2H,1H2;/q;;;+1/p-1. The van der Waals surface area contributed by atoms with Gasteiger partial charge in [-0.1, -0.05) is 19.7 Å². The maximum Gasteiger partial charge on any atom is 1.00 e. The monoisotopic (exact) mass is 245 g/mol. The van der Waals surface area contributed by atoms with Gasteiger partial charge in [0.15, 0.2) is 0 Å². The predicted octanol–water partition coefficient (Wildman–Crippen LogP) is -2.25. The summed E-state index contributed by atoms with van der Waals surface area (Å²) in [6, 6.07) is 1.69. The zero-order chi connectivity index (χ0) is 14.4. The van der Waals surface area contributed by atoms with E-state index in [0.29, 0.717) is 5.57 Å². The largest absolute Gasteiger partial charge is 1.00 e. The van der Waals surface area contributed by atoms with Gasteiger partial charge in [-0.3, -0.25) is 0 Å². The minimum Gasteiger partial charge on any atom is -0.545 e. The van der Waals surface area contributed by atoms with E-state index in [1.807, 2.05) is 0 Å². The second kappa shape index (κ2) is 17.6. The number of methoxy groups -OCH3 is 1. The van der Waals surface area contributed by atoms with Crippen molar-refractivity contribution in [1.29, 1.82) is 5.26 Å². The molecule has 0 radical (unpaired) electrons. The van der Waals surface area contributed by atoms with Crippen LogP contribution in [-0.4, -0.2) is 19.0 Å². The molecule has 0 saturated heterocycles. The van der Waals surface area contributed by atoms with E-state index >= 15 is 0 Å². The summed E-state index contributed by atoms with van der Waals surface area (Å²) in [7, 11) is 1.33. The summed E-state index contributed by atoms with van der Waals surface area (Å²) in [6.07, 6.45) is 1.18. The van der Waals surface area contributed by atoms with E-state index in [9.17, 15) is 14.7 Å². The molecular formula is C12H16LiNO4. The van der Waals surface area contributed by atoms with Crippen LogP contribution in [0.4, 0.5) is 0 Å². The molecule has 0 heterocycles. The third-order valence-corrected chi connectivity index (χ3v) is 0.974. The molecule has 94 valence electrons. The summed E-state index contributed by atoms with van der Waals surface area (Å²) >= 11 is 0. The first-order chi connectivity index (χ1) is 7.74. The number of allylic oxidation sites excluding steroid dienone is 1. The van der Waals surface area contributed by atoms with Gasteiger partial charge in [-0.25, -0.2) is 4.79 Å². The van der Waals surface area contributed by atoms with Gasteiger partial charge in [-0.05, 0) is 19.4 Å². The fourth-order valence-electron chi connectivity index (χ4n) is 0.174. The number of hydrogen-bond donors (Lipinski definition) is 0. The topological polar surface area (TPSA) is 90.2 Å². The summed E-state index contributed by atoms with van der Waals surface area (Å²) in [5.74, 6) is -1.53. The Bertz CT molecular complexity index is 330. The third kappa shape index (κ3) is 29.2. The van der Waals surface area contributed by atoms with Crippen molar-refractivity contribution in [3.05, 3.63) is 37.0 Å². The molecule has 0 aromatic heterocycles. The average Bonchev–Trinajstić information content (AvgIpc) is 2.28. The molecule has 0 bridgehead atoms. The van der Waals surface area contributed by atoms with E-state index in [0.717, 1.165) is 0 Å². The molecule has 0 aromatic carbocycles. The number of carbonyl (C=O) groups excluding carboxylic acids is 2. The SMILES string of the molecule is C=C(C)C(=O)OC.C=C(C)C(=O)[O-].C=CC#N.[Li+]. The third-order valence-electron chi connectivity index (χ3n) is 0.974. The van der Waals surface area contributed by atoms with Crippen LogP contribution in [0.2, 0.25) is 0 Å². The van der Waals surface area contributed by atoms with Crippen molar-refractivity contribution < 1.29 is 38.3 Å². The second-order valence-electron chi connectivity index (χ2n) is 2.67. The van der Waals surface area contributed by atoms with Gasteiger partial charge >= 0.3 is 24.8 Å². The molecule has 5 nitrogen and oxygen atoms in total. The van der Waals surface area contributed by atoms with Crippen LogP contribution in [0.5, 0.6) is 0 Å². The van der Waals surface area contributed by atoms with Crippen molar-refractivity contribution in [2.75, 3.05) is 7.11 Å². The van der Waals surface area contributed by atoms with Crippen LogP contribution in [0, 0.1) is 11.3 Å². The van der Waals surface area contributed by atoms with Crippen LogP contribution in [0.15, 0.2) is 37.0 Å². The number of hydrogen-bond acceptors (Lipinski definition) is 5. The van der Waals surface area contributed by atoms with Crippen LogP contribution in [-0.2, 0) is 14.3 Å². The van der Waals surface area contributed by atoms with Gasteiger partial charge in [-0.2, -0.15) is 5.26 Å². The van der Waals surface area contributed by atoms with Crippen molar-refractivity contribution in [2.24, 2.45) is 0 Å². The number of ether oxygens (including phenoxy) is 1. The summed E-state index contributed by atoms with van der Waals surface area (Å²) in [6.45, 7) is 12.5. The van der Waals surface area contributed by atoms with Gasteiger partial charge in [0.2, 0.25) is 0 Å². The number of nitrogens with zero attached hydrogens (tertiary/aromatic N) is 1. The van der Waals surface area contributed by atoms with E-state index in [2.05, 4.69) is 24.5 Å². The maximum absolute atomic E-state index is 10.2. The zero-order valence-electron chi connectivity index (χ0n) is 11.3. The van der Waals surface area contributed by atoms with Crippen LogP contribution in [0.1, 0.15) is 13.8 Å². The first-order valence-electron chi connectivity index (χ1n) is 4.35. The molecule has 0 aliphatic heterocycles. The Balaban J connectivity index is -0.0000000823. The molecular weight excluding hydrogens is 229 g/mol. The van der Waals surface area contributed by atoms with E-state index in [4.69, 9.17) is 5.26 Å². The van der Waals surface area contributed by atoms with Crippen molar-refractivity contribution in [3.63, 3.8) is 0 Å². The Morgan fingerprint density at radius 2 is 1.56 bits per heavy atom. The quantitative estimate of drug-likeness (QED) is 0.237. The van der Waals surface area contributed by atoms with Crippen molar-refractivity contribution in [2.45, 2.75) is 13.8 Å². The number of carboxylic acid groups (broad SMARTS) is 1. The maximum atomic E-state index is 10.2. The number of rotatable bonds is 2. The van der Waals surface area contributed by atoms with Gasteiger partial charge in [0.25, 0.3) is 0 Å². The number of carboxylic acids is 1. The van der Waals surface area contributed by atoms with E-state index < -0.39 is 5.97 Å². The number of nitriles is 1.